The van der Waals surface area contributed by atoms with Gasteiger partial charge in [-0.15, -0.1) is 0 Å². The summed E-state index contributed by atoms with van der Waals surface area (Å²) >= 11 is 10.1. The Kier molecular flexibility index (Phi) is 26.0. The summed E-state index contributed by atoms with van der Waals surface area (Å²) in [6, 6.07) is 4.02. The van der Waals surface area contributed by atoms with Gasteiger partial charge in [0.1, 0.15) is 47.2 Å². The number of halogens is 3. The van der Waals surface area contributed by atoms with E-state index in [9.17, 15) is 48.3 Å². The van der Waals surface area contributed by atoms with E-state index in [0.29, 0.717) is 52.9 Å². The van der Waals surface area contributed by atoms with Crippen LogP contribution in [0.5, 0.6) is 0 Å². The number of ether oxygens (including phenoxy) is 4. The van der Waals surface area contributed by atoms with Crippen molar-refractivity contribution in [2.45, 2.75) is 186 Å². The molecule has 2 fully saturated rings. The van der Waals surface area contributed by atoms with Gasteiger partial charge in [-0.1, -0.05) is 104 Å². The number of epoxide rings is 1. The first kappa shape index (κ1) is 70.6. The quantitative estimate of drug-likeness (QED) is 0.0226. The van der Waals surface area contributed by atoms with Crippen molar-refractivity contribution in [3.8, 4) is 0 Å². The number of rotatable bonds is 26. The molecule has 0 aliphatic carbocycles. The minimum atomic E-state index is -1.67. The smallest absolute Gasteiger partial charge is 0.328 e. The molecule has 19 nitrogen and oxygen atoms in total. The summed E-state index contributed by atoms with van der Waals surface area (Å²) in [6.45, 7) is 16.0. The third-order valence-corrected chi connectivity index (χ3v) is 17.9. The fraction of sp³-hybridized carbons (Fsp3) is 0.578. The molecule has 3 aliphatic rings. The van der Waals surface area contributed by atoms with Crippen LogP contribution in [0.3, 0.4) is 0 Å². The fourth-order valence-corrected chi connectivity index (χ4v) is 11.7. The molecule has 5 rings (SSSR count). The second kappa shape index (κ2) is 31.7. The number of methoxy groups -OCH3 is 1. The molecule has 3 aliphatic heterocycles. The van der Waals surface area contributed by atoms with Crippen LogP contribution in [-0.2, 0) is 65.4 Å². The molecule has 5 N–H and O–H groups in total. The van der Waals surface area contributed by atoms with Gasteiger partial charge in [-0.25, -0.2) is 14.0 Å². The summed E-state index contributed by atoms with van der Waals surface area (Å²) in [7, 11) is 4.27. The molecule has 472 valence electrons. The molecule has 3 heterocycles. The summed E-state index contributed by atoms with van der Waals surface area (Å²) in [5.41, 5.74) is 5.34. The van der Waals surface area contributed by atoms with E-state index in [2.05, 4.69) is 33.1 Å². The van der Waals surface area contributed by atoms with E-state index in [0.717, 1.165) is 34.9 Å². The molecule has 0 spiro atoms. The number of carbonyl (C=O) groups is 9. The molecule has 0 radical (unpaired) electrons. The first-order valence-electron chi connectivity index (χ1n) is 29.4. The number of nitrogens with one attached hydrogen (secondary N) is 2. The number of ketones is 3. The summed E-state index contributed by atoms with van der Waals surface area (Å²) in [6.07, 6.45) is 4.35. The number of alkyl halides is 1. The Hall–Kier alpha value is -6.13. The van der Waals surface area contributed by atoms with Gasteiger partial charge in [0.25, 0.3) is 5.91 Å². The van der Waals surface area contributed by atoms with Gasteiger partial charge in [-0.05, 0) is 106 Å². The van der Waals surface area contributed by atoms with Gasteiger partial charge < -0.3 is 50.2 Å². The van der Waals surface area contributed by atoms with Crippen molar-refractivity contribution in [3.63, 3.8) is 0 Å². The maximum absolute atomic E-state index is 16.2. The second-order valence-corrected chi connectivity index (χ2v) is 24.8. The van der Waals surface area contributed by atoms with Crippen molar-refractivity contribution in [2.75, 3.05) is 38.0 Å². The molecule has 2 saturated heterocycles. The number of carbonyl (C=O) groups excluding carboxylic acids is 9. The van der Waals surface area contributed by atoms with Crippen molar-refractivity contribution in [2.24, 2.45) is 23.5 Å². The molecule has 4 bridgehead atoms. The van der Waals surface area contributed by atoms with Crippen molar-refractivity contribution >= 4 is 86.3 Å². The maximum atomic E-state index is 16.2. The van der Waals surface area contributed by atoms with Crippen LogP contribution in [0.25, 0.3) is 0 Å². The minimum absolute atomic E-state index is 0.00124. The number of esters is 2. The lowest BCUT2D eigenvalue weighted by Gasteiger charge is -2.41. The number of nitrogens with two attached hydrogens (primary N) is 1. The van der Waals surface area contributed by atoms with Crippen LogP contribution in [0.4, 0.5) is 14.9 Å². The van der Waals surface area contributed by atoms with Gasteiger partial charge in [0.05, 0.1) is 41.3 Å². The van der Waals surface area contributed by atoms with E-state index in [1.54, 1.807) is 53.0 Å². The number of primary amides is 1. The lowest BCUT2D eigenvalue weighted by molar-refractivity contribution is -0.187. The lowest BCUT2D eigenvalue weighted by atomic mass is 9.78. The van der Waals surface area contributed by atoms with Crippen LogP contribution in [0.2, 0.25) is 5.02 Å². The second-order valence-electron chi connectivity index (χ2n) is 23.9. The molecule has 2 aromatic rings. The highest BCUT2D eigenvalue weighted by Crippen LogP contribution is 2.50. The highest BCUT2D eigenvalue weighted by atomic mass is 79.9. The Morgan fingerprint density at radius 2 is 1.72 bits per heavy atom. The standard InChI is InChI=1S/C64H86BrClFN5O14/c1-36(2)46(31-44(73)19-14-12-13-15-21-50(74)39(5)35-65)59(78)70-48(20-17-25-69-62(68)81)51(75)30-42-23-24-45(47(67)28-42)60(79)71(9)41(7)61(80)85-54-32-55(76)72(10)49-29-43(27-38(4)57(49)66)26-37(3)18-16-22-53(83-11)64(82)33-52(84-56(77)34-64)40(6)58-63(54,8)86-58/h16,18,22-24,27-29,36,40-41,46,48,52-54,58,82H,5,12-15,17,19-21,25-26,30-35H2,1-4,6-11H3,(H,70,78)(H3,68,69,81)/b22-16+,37-18+/t40-,41+,46+,48+,52+,53-,54+,58+,63+,64-/m1/s1. The van der Waals surface area contributed by atoms with Gasteiger partial charge in [0, 0.05) is 77.0 Å². The van der Waals surface area contributed by atoms with Crippen LogP contribution in [0.15, 0.2) is 66.3 Å². The number of Topliss-reactive ketones (excluding diaryl/α,β-unsaturated/α-hetero) is 3. The number of hydrogen-bond acceptors (Lipinski definition) is 14. The number of nitrogens with zero attached hydrogens (tertiary/aromatic N) is 2. The Labute approximate surface area is 517 Å². The van der Waals surface area contributed by atoms with Gasteiger partial charge in [0.15, 0.2) is 11.6 Å². The molecular weight excluding hydrogens is 1200 g/mol. The molecule has 86 heavy (non-hydrogen) atoms. The van der Waals surface area contributed by atoms with E-state index in [1.165, 1.54) is 38.1 Å². The normalized spacial score (nSPS) is 24.4. The number of urea groups is 1. The van der Waals surface area contributed by atoms with E-state index >= 15 is 4.39 Å². The highest BCUT2D eigenvalue weighted by Gasteiger charge is 2.64. The molecule has 0 saturated carbocycles. The van der Waals surface area contributed by atoms with Crippen LogP contribution in [-0.4, -0.2) is 144 Å². The summed E-state index contributed by atoms with van der Waals surface area (Å²) in [5.74, 6) is -6.86. The highest BCUT2D eigenvalue weighted by molar-refractivity contribution is 9.09. The first-order chi connectivity index (χ1) is 40.4. The van der Waals surface area contributed by atoms with E-state index in [4.69, 9.17) is 36.3 Å². The van der Waals surface area contributed by atoms with Crippen LogP contribution < -0.4 is 21.3 Å². The topological polar surface area (TPSA) is 271 Å². The summed E-state index contributed by atoms with van der Waals surface area (Å²) in [4.78, 5) is 123. The number of benzene rings is 2. The molecule has 5 amide bonds. The third kappa shape index (κ3) is 18.9. The van der Waals surface area contributed by atoms with Crippen molar-refractivity contribution in [1.82, 2.24) is 15.5 Å². The Bertz CT molecular complexity index is 2940. The lowest BCUT2D eigenvalue weighted by Crippen LogP contribution is -2.53. The molecule has 10 atom stereocenters. The minimum Gasteiger partial charge on any atom is -0.462 e. The number of allylic oxidation sites excluding steroid dienone is 4. The Morgan fingerprint density at radius 3 is 2.36 bits per heavy atom. The average molecular weight is 1280 g/mol. The molecule has 22 heteroatoms. The van der Waals surface area contributed by atoms with Gasteiger partial charge in [-0.2, -0.15) is 0 Å². The SMILES string of the molecule is C=C(CBr)C(=O)CCCCCCC(=O)C[C@H](C(=O)N[C@@H](CCCNC(N)=O)C(=O)Cc1ccc(C(=O)N(C)[C@@H](C)C(=O)O[C@H]2CC(=O)N(C)c3cc(cc(C)c3Cl)C/C(C)=C/C=C/[C@@H](OC)[C@]3(O)CC(=O)O[C@@H](C3)[C@@H](C)[C@@H]3O[C@@]23C)c(F)c1)C(C)C. The third-order valence-electron chi connectivity index (χ3n) is 16.8. The van der Waals surface area contributed by atoms with E-state index < -0.39 is 119 Å². The predicted molar refractivity (Wildman–Crippen MR) is 327 cm³/mol. The number of unbranched alkanes of at least 4 members (excludes halogenated alkanes) is 3. The van der Waals surface area contributed by atoms with Crippen LogP contribution in [0.1, 0.15) is 146 Å². The maximum Gasteiger partial charge on any atom is 0.328 e. The number of likely N-dealkylation sites (N-methyl/N-ethyl adjacent to an activating group) is 1. The van der Waals surface area contributed by atoms with Crippen molar-refractivity contribution in [1.29, 1.82) is 0 Å². The Balaban J connectivity index is 1.31. The number of aryl methyl sites for hydroxylation is 1. The Morgan fingerprint density at radius 1 is 1.03 bits per heavy atom. The summed E-state index contributed by atoms with van der Waals surface area (Å²) in [5, 5.41) is 18.0. The van der Waals surface area contributed by atoms with Gasteiger partial charge >= 0.3 is 18.0 Å². The zero-order valence-electron chi connectivity index (χ0n) is 51.2. The van der Waals surface area contributed by atoms with Crippen molar-refractivity contribution < 1.29 is 71.6 Å². The van der Waals surface area contributed by atoms with Gasteiger partial charge in [0.2, 0.25) is 11.8 Å². The predicted octanol–water partition coefficient (Wildman–Crippen LogP) is 8.65. The number of hydrogen-bond donors (Lipinski definition) is 4. The fourth-order valence-electron chi connectivity index (χ4n) is 11.1. The molecule has 0 aromatic heterocycles. The monoisotopic (exact) mass is 1280 g/mol. The molecule has 2 aromatic carbocycles. The first-order valence-corrected chi connectivity index (χ1v) is 30.9. The van der Waals surface area contributed by atoms with Crippen LogP contribution in [0, 0.1) is 30.5 Å². The van der Waals surface area contributed by atoms with Gasteiger partial charge in [-0.3, -0.25) is 33.6 Å². The van der Waals surface area contributed by atoms with E-state index in [1.807, 2.05) is 26.0 Å². The largest absolute Gasteiger partial charge is 0.462 e. The zero-order chi connectivity index (χ0) is 64.0. The average Bonchev–Trinajstić information content (AvgIpc) is 1.61. The van der Waals surface area contributed by atoms with Crippen LogP contribution >= 0.6 is 27.5 Å². The number of anilines is 1. The number of aliphatic hydroxyl groups is 1. The van der Waals surface area contributed by atoms with Crippen molar-refractivity contribution in [3.05, 3.63) is 99.4 Å². The summed E-state index contributed by atoms with van der Waals surface area (Å²) < 4.78 is 40.2. The zero-order valence-corrected chi connectivity index (χ0v) is 53.5. The number of amides is 5. The molecular formula is C64H86BrClFN5O14. The van der Waals surface area contributed by atoms with E-state index in [-0.39, 0.29) is 74.5 Å². The molecule has 0 unspecified atom stereocenters. The number of fused-ring (bicyclic) bond motifs is 5.